The summed E-state index contributed by atoms with van der Waals surface area (Å²) in [5, 5.41) is 8.05. The molecule has 0 bridgehead atoms. The molecule has 24 heavy (non-hydrogen) atoms. The van der Waals surface area contributed by atoms with Crippen molar-refractivity contribution in [1.82, 2.24) is 20.0 Å². The molecule has 0 N–H and O–H groups in total. The average Bonchev–Trinajstić information content (AvgIpc) is 3.15. The van der Waals surface area contributed by atoms with Crippen LogP contribution in [0.1, 0.15) is 39.0 Å². The maximum absolute atomic E-state index is 12.9. The number of aryl methyl sites for hydroxylation is 1. The lowest BCUT2D eigenvalue weighted by molar-refractivity contribution is -0.148. The molecular formula is C16H24N4O3S. The molecule has 0 radical (unpaired) electrons. The van der Waals surface area contributed by atoms with Gasteiger partial charge in [0.25, 0.3) is 5.22 Å². The summed E-state index contributed by atoms with van der Waals surface area (Å²) < 4.78 is 5.27. The van der Waals surface area contributed by atoms with E-state index in [1.165, 1.54) is 11.8 Å². The molecule has 132 valence electrons. The van der Waals surface area contributed by atoms with Crippen molar-refractivity contribution in [3.8, 4) is 0 Å². The first-order valence-corrected chi connectivity index (χ1v) is 9.42. The van der Waals surface area contributed by atoms with E-state index in [1.54, 1.807) is 6.92 Å². The second-order valence-corrected chi connectivity index (χ2v) is 7.84. The Labute approximate surface area is 146 Å². The topological polar surface area (TPSA) is 79.5 Å². The SMILES string of the molecule is Cc1nnc(SCC(=O)N2CCC3(CCCN(C(C)C)C3=O)C2)o1. The number of nitrogens with zero attached hydrogens (tertiary/aromatic N) is 4. The lowest BCUT2D eigenvalue weighted by Crippen LogP contribution is -2.52. The molecule has 2 aliphatic heterocycles. The molecule has 2 fully saturated rings. The predicted octanol–water partition coefficient (Wildman–Crippen LogP) is 1.72. The summed E-state index contributed by atoms with van der Waals surface area (Å²) in [5.74, 6) is 1.01. The average molecular weight is 352 g/mol. The molecule has 2 aliphatic rings. The van der Waals surface area contributed by atoms with Gasteiger partial charge in [-0.05, 0) is 33.1 Å². The van der Waals surface area contributed by atoms with E-state index in [1.807, 2.05) is 9.80 Å². The highest BCUT2D eigenvalue weighted by atomic mass is 32.2. The predicted molar refractivity (Wildman–Crippen MR) is 89.5 cm³/mol. The molecule has 0 aliphatic carbocycles. The van der Waals surface area contributed by atoms with Crippen LogP contribution in [-0.2, 0) is 9.59 Å². The highest BCUT2D eigenvalue weighted by molar-refractivity contribution is 7.99. The van der Waals surface area contributed by atoms with Crippen LogP contribution in [0.15, 0.2) is 9.64 Å². The number of thioether (sulfide) groups is 1. The number of aromatic nitrogens is 2. The monoisotopic (exact) mass is 352 g/mol. The first-order chi connectivity index (χ1) is 11.4. The Morgan fingerprint density at radius 1 is 1.33 bits per heavy atom. The molecule has 3 rings (SSSR count). The van der Waals surface area contributed by atoms with Gasteiger partial charge in [0.15, 0.2) is 0 Å². The minimum atomic E-state index is -0.371. The summed E-state index contributed by atoms with van der Waals surface area (Å²) in [4.78, 5) is 29.1. The Kier molecular flexibility index (Phi) is 4.85. The fraction of sp³-hybridized carbons (Fsp3) is 0.750. The number of likely N-dealkylation sites (tertiary alicyclic amines) is 2. The van der Waals surface area contributed by atoms with Crippen LogP contribution >= 0.6 is 11.8 Å². The van der Waals surface area contributed by atoms with Gasteiger partial charge in [0, 0.05) is 32.6 Å². The van der Waals surface area contributed by atoms with Gasteiger partial charge in [-0.1, -0.05) is 11.8 Å². The summed E-state index contributed by atoms with van der Waals surface area (Å²) in [6, 6.07) is 0.218. The molecule has 1 spiro atoms. The first-order valence-electron chi connectivity index (χ1n) is 8.43. The number of hydrogen-bond acceptors (Lipinski definition) is 6. The van der Waals surface area contributed by atoms with Gasteiger partial charge < -0.3 is 14.2 Å². The second kappa shape index (κ2) is 6.74. The van der Waals surface area contributed by atoms with Crippen LogP contribution < -0.4 is 0 Å². The van der Waals surface area contributed by atoms with Crippen molar-refractivity contribution in [2.45, 2.75) is 51.3 Å². The van der Waals surface area contributed by atoms with Gasteiger partial charge in [0.1, 0.15) is 0 Å². The third-order valence-electron chi connectivity index (χ3n) is 4.93. The lowest BCUT2D eigenvalue weighted by atomic mass is 9.78. The van der Waals surface area contributed by atoms with E-state index in [9.17, 15) is 9.59 Å². The molecule has 2 saturated heterocycles. The molecule has 8 heteroatoms. The minimum absolute atomic E-state index is 0.0298. The van der Waals surface area contributed by atoms with Crippen molar-refractivity contribution < 1.29 is 14.0 Å². The van der Waals surface area contributed by atoms with Gasteiger partial charge in [-0.2, -0.15) is 0 Å². The first kappa shape index (κ1) is 17.3. The Balaban J connectivity index is 1.59. The van der Waals surface area contributed by atoms with E-state index in [2.05, 4.69) is 24.0 Å². The fourth-order valence-corrected chi connectivity index (χ4v) is 4.32. The van der Waals surface area contributed by atoms with Crippen LogP contribution in [0.25, 0.3) is 0 Å². The van der Waals surface area contributed by atoms with Crippen LogP contribution in [0.3, 0.4) is 0 Å². The smallest absolute Gasteiger partial charge is 0.277 e. The van der Waals surface area contributed by atoms with Crippen molar-refractivity contribution in [2.75, 3.05) is 25.4 Å². The normalized spacial score (nSPS) is 24.4. The number of piperidine rings is 1. The van der Waals surface area contributed by atoms with Crippen molar-refractivity contribution in [2.24, 2.45) is 5.41 Å². The van der Waals surface area contributed by atoms with Gasteiger partial charge in [-0.15, -0.1) is 10.2 Å². The molecule has 1 aromatic heterocycles. The van der Waals surface area contributed by atoms with Crippen molar-refractivity contribution in [3.63, 3.8) is 0 Å². The van der Waals surface area contributed by atoms with E-state index in [4.69, 9.17) is 4.42 Å². The Morgan fingerprint density at radius 2 is 2.12 bits per heavy atom. The van der Waals surface area contributed by atoms with Gasteiger partial charge in [-0.3, -0.25) is 9.59 Å². The van der Waals surface area contributed by atoms with Crippen LogP contribution in [0.2, 0.25) is 0 Å². The summed E-state index contributed by atoms with van der Waals surface area (Å²) in [6.45, 7) is 7.85. The van der Waals surface area contributed by atoms with Gasteiger partial charge in [0.05, 0.1) is 11.2 Å². The van der Waals surface area contributed by atoms with Crippen LogP contribution in [-0.4, -0.2) is 63.2 Å². The number of carbonyl (C=O) groups is 2. The van der Waals surface area contributed by atoms with Gasteiger partial charge in [0.2, 0.25) is 17.7 Å². The fourth-order valence-electron chi connectivity index (χ4n) is 3.61. The van der Waals surface area contributed by atoms with E-state index in [0.29, 0.717) is 24.2 Å². The summed E-state index contributed by atoms with van der Waals surface area (Å²) in [7, 11) is 0. The second-order valence-electron chi connectivity index (χ2n) is 6.92. The molecular weight excluding hydrogens is 328 g/mol. The van der Waals surface area contributed by atoms with E-state index in [-0.39, 0.29) is 29.0 Å². The molecule has 1 unspecified atom stereocenters. The maximum Gasteiger partial charge on any atom is 0.277 e. The van der Waals surface area contributed by atoms with Crippen LogP contribution in [0, 0.1) is 12.3 Å². The molecule has 0 saturated carbocycles. The standard InChI is InChI=1S/C16H24N4O3S/c1-11(2)20-7-4-5-16(14(20)22)6-8-19(10-16)13(21)9-24-15-18-17-12(3)23-15/h11H,4-10H2,1-3H3. The largest absolute Gasteiger partial charge is 0.416 e. The van der Waals surface area contributed by atoms with E-state index >= 15 is 0 Å². The zero-order valence-electron chi connectivity index (χ0n) is 14.4. The van der Waals surface area contributed by atoms with Crippen LogP contribution in [0.5, 0.6) is 0 Å². The number of amides is 2. The quantitative estimate of drug-likeness (QED) is 0.768. The maximum atomic E-state index is 12.9. The lowest BCUT2D eigenvalue weighted by Gasteiger charge is -2.41. The van der Waals surface area contributed by atoms with Gasteiger partial charge >= 0.3 is 0 Å². The Bertz CT molecular complexity index is 633. The highest BCUT2D eigenvalue weighted by Gasteiger charge is 2.49. The third kappa shape index (κ3) is 3.29. The minimum Gasteiger partial charge on any atom is -0.416 e. The Morgan fingerprint density at radius 3 is 2.79 bits per heavy atom. The molecule has 7 nitrogen and oxygen atoms in total. The van der Waals surface area contributed by atoms with E-state index in [0.717, 1.165) is 25.8 Å². The number of carbonyl (C=O) groups excluding carboxylic acids is 2. The summed E-state index contributed by atoms with van der Waals surface area (Å²) >= 11 is 1.25. The van der Waals surface area contributed by atoms with Crippen molar-refractivity contribution in [3.05, 3.63) is 5.89 Å². The molecule has 3 heterocycles. The summed E-state index contributed by atoms with van der Waals surface area (Å²) in [6.07, 6.45) is 2.67. The van der Waals surface area contributed by atoms with E-state index < -0.39 is 0 Å². The zero-order chi connectivity index (χ0) is 17.3. The Hall–Kier alpha value is -1.57. The molecule has 0 aromatic carbocycles. The number of hydrogen-bond donors (Lipinski definition) is 0. The van der Waals surface area contributed by atoms with Crippen molar-refractivity contribution in [1.29, 1.82) is 0 Å². The summed E-state index contributed by atoms with van der Waals surface area (Å²) in [5.41, 5.74) is -0.371. The zero-order valence-corrected chi connectivity index (χ0v) is 15.3. The molecule has 1 aromatic rings. The highest BCUT2D eigenvalue weighted by Crippen LogP contribution is 2.40. The van der Waals surface area contributed by atoms with Crippen LogP contribution in [0.4, 0.5) is 0 Å². The van der Waals surface area contributed by atoms with Crippen molar-refractivity contribution >= 4 is 23.6 Å². The van der Waals surface area contributed by atoms with Gasteiger partial charge in [-0.25, -0.2) is 0 Å². The molecule has 1 atom stereocenters. The number of rotatable bonds is 4. The molecule has 2 amide bonds. The third-order valence-corrected chi connectivity index (χ3v) is 5.73.